The SMILES string of the molecule is OC[C@H]1OC(n2cnc3c(NCCc4ccccc4)ncnc32)[C@H](O)[C@@H]1O. The highest BCUT2D eigenvalue weighted by molar-refractivity contribution is 5.82. The van der Waals surface area contributed by atoms with Gasteiger partial charge in [-0.3, -0.25) is 4.57 Å². The number of hydrogen-bond acceptors (Lipinski definition) is 8. The van der Waals surface area contributed by atoms with E-state index in [2.05, 4.69) is 32.4 Å². The van der Waals surface area contributed by atoms with Crippen LogP contribution in [-0.4, -0.2) is 66.3 Å². The van der Waals surface area contributed by atoms with Crippen molar-refractivity contribution in [1.29, 1.82) is 0 Å². The highest BCUT2D eigenvalue weighted by Gasteiger charge is 2.44. The van der Waals surface area contributed by atoms with Crippen LogP contribution in [0.15, 0.2) is 43.0 Å². The molecule has 27 heavy (non-hydrogen) atoms. The summed E-state index contributed by atoms with van der Waals surface area (Å²) >= 11 is 0. The second kappa shape index (κ2) is 7.57. The van der Waals surface area contributed by atoms with E-state index >= 15 is 0 Å². The molecule has 4 N–H and O–H groups in total. The van der Waals surface area contributed by atoms with E-state index in [0.717, 1.165) is 6.42 Å². The van der Waals surface area contributed by atoms with E-state index in [4.69, 9.17) is 4.74 Å². The summed E-state index contributed by atoms with van der Waals surface area (Å²) in [5.41, 5.74) is 2.23. The highest BCUT2D eigenvalue weighted by atomic mass is 16.6. The lowest BCUT2D eigenvalue weighted by atomic mass is 10.1. The van der Waals surface area contributed by atoms with Gasteiger partial charge >= 0.3 is 0 Å². The van der Waals surface area contributed by atoms with E-state index in [9.17, 15) is 15.3 Å². The van der Waals surface area contributed by atoms with Gasteiger partial charge in [-0.05, 0) is 12.0 Å². The van der Waals surface area contributed by atoms with Gasteiger partial charge in [-0.2, -0.15) is 0 Å². The van der Waals surface area contributed by atoms with Crippen LogP contribution in [0.25, 0.3) is 11.2 Å². The number of anilines is 1. The van der Waals surface area contributed by atoms with Crippen LogP contribution in [0.5, 0.6) is 0 Å². The van der Waals surface area contributed by atoms with Crippen molar-refractivity contribution in [2.75, 3.05) is 18.5 Å². The summed E-state index contributed by atoms with van der Waals surface area (Å²) in [6, 6.07) is 10.1. The number of nitrogens with one attached hydrogen (secondary N) is 1. The Kier molecular flexibility index (Phi) is 4.99. The first-order valence-electron chi connectivity index (χ1n) is 8.77. The first-order valence-corrected chi connectivity index (χ1v) is 8.77. The van der Waals surface area contributed by atoms with Gasteiger partial charge in [0, 0.05) is 6.54 Å². The number of ether oxygens (including phenoxy) is 1. The molecule has 4 rings (SSSR count). The Morgan fingerprint density at radius 2 is 1.89 bits per heavy atom. The highest BCUT2D eigenvalue weighted by Crippen LogP contribution is 2.32. The molecule has 1 unspecified atom stereocenters. The molecule has 1 aliphatic heterocycles. The van der Waals surface area contributed by atoms with E-state index in [1.54, 1.807) is 4.57 Å². The molecule has 3 heterocycles. The molecule has 1 aliphatic rings. The predicted octanol–water partition coefficient (Wildman–Crippen LogP) is 0.0924. The lowest BCUT2D eigenvalue weighted by Crippen LogP contribution is -2.33. The molecule has 3 aromatic rings. The second-order valence-corrected chi connectivity index (χ2v) is 6.44. The minimum absolute atomic E-state index is 0.386. The van der Waals surface area contributed by atoms with Crippen molar-refractivity contribution < 1.29 is 20.1 Å². The Labute approximate surface area is 155 Å². The molecular formula is C18H21N5O4. The fourth-order valence-corrected chi connectivity index (χ4v) is 3.25. The van der Waals surface area contributed by atoms with Crippen LogP contribution in [0.1, 0.15) is 11.8 Å². The van der Waals surface area contributed by atoms with Crippen LogP contribution in [0.4, 0.5) is 5.82 Å². The van der Waals surface area contributed by atoms with Gasteiger partial charge in [0.1, 0.15) is 24.6 Å². The summed E-state index contributed by atoms with van der Waals surface area (Å²) < 4.78 is 7.10. The average molecular weight is 371 g/mol. The van der Waals surface area contributed by atoms with Crippen LogP contribution >= 0.6 is 0 Å². The van der Waals surface area contributed by atoms with Crippen LogP contribution in [-0.2, 0) is 11.2 Å². The van der Waals surface area contributed by atoms with Crippen LogP contribution in [0, 0.1) is 0 Å². The van der Waals surface area contributed by atoms with Crippen molar-refractivity contribution in [3.63, 3.8) is 0 Å². The fourth-order valence-electron chi connectivity index (χ4n) is 3.25. The van der Waals surface area contributed by atoms with Crippen LogP contribution in [0.3, 0.4) is 0 Å². The topological polar surface area (TPSA) is 126 Å². The molecule has 1 aromatic carbocycles. The molecule has 9 nitrogen and oxygen atoms in total. The van der Waals surface area contributed by atoms with E-state index in [0.29, 0.717) is 23.5 Å². The fraction of sp³-hybridized carbons (Fsp3) is 0.389. The van der Waals surface area contributed by atoms with Crippen molar-refractivity contribution in [1.82, 2.24) is 19.5 Å². The maximum atomic E-state index is 10.2. The molecule has 4 atom stereocenters. The van der Waals surface area contributed by atoms with Gasteiger partial charge in [-0.1, -0.05) is 30.3 Å². The van der Waals surface area contributed by atoms with E-state index in [-0.39, 0.29) is 6.61 Å². The summed E-state index contributed by atoms with van der Waals surface area (Å²) in [6.07, 6.45) is -0.370. The molecule has 0 amide bonds. The summed E-state index contributed by atoms with van der Waals surface area (Å²) in [5.74, 6) is 0.585. The van der Waals surface area contributed by atoms with Crippen LogP contribution in [0.2, 0.25) is 0 Å². The van der Waals surface area contributed by atoms with Crippen molar-refractivity contribution in [2.24, 2.45) is 0 Å². The Bertz CT molecular complexity index is 903. The van der Waals surface area contributed by atoms with Gasteiger partial charge in [-0.15, -0.1) is 0 Å². The van der Waals surface area contributed by atoms with Gasteiger partial charge in [0.15, 0.2) is 23.2 Å². The summed E-state index contributed by atoms with van der Waals surface area (Å²) in [5, 5.41) is 32.7. The normalized spacial score (nSPS) is 25.1. The molecule has 142 valence electrons. The molecule has 0 aliphatic carbocycles. The number of hydrogen-bond donors (Lipinski definition) is 4. The molecule has 9 heteroatoms. The lowest BCUT2D eigenvalue weighted by Gasteiger charge is -2.16. The average Bonchev–Trinajstić information content (AvgIpc) is 3.25. The summed E-state index contributed by atoms with van der Waals surface area (Å²) in [7, 11) is 0. The van der Waals surface area contributed by atoms with Crippen molar-refractivity contribution in [2.45, 2.75) is 31.0 Å². The third-order valence-electron chi connectivity index (χ3n) is 4.70. The van der Waals surface area contributed by atoms with Crippen LogP contribution < -0.4 is 5.32 Å². The first-order chi connectivity index (χ1) is 13.2. The predicted molar refractivity (Wildman–Crippen MR) is 97.0 cm³/mol. The molecule has 1 saturated heterocycles. The molecular weight excluding hydrogens is 350 g/mol. The van der Waals surface area contributed by atoms with Crippen molar-refractivity contribution in [3.8, 4) is 0 Å². The van der Waals surface area contributed by atoms with Gasteiger partial charge in [0.05, 0.1) is 12.9 Å². The zero-order chi connectivity index (χ0) is 18.8. The van der Waals surface area contributed by atoms with Crippen molar-refractivity contribution >= 4 is 17.0 Å². The second-order valence-electron chi connectivity index (χ2n) is 6.44. The summed E-state index contributed by atoms with van der Waals surface area (Å²) in [4.78, 5) is 12.8. The van der Waals surface area contributed by atoms with E-state index in [1.165, 1.54) is 18.2 Å². The largest absolute Gasteiger partial charge is 0.394 e. The smallest absolute Gasteiger partial charge is 0.167 e. The number of rotatable bonds is 6. The van der Waals surface area contributed by atoms with Gasteiger partial charge in [0.25, 0.3) is 0 Å². The lowest BCUT2D eigenvalue weighted by molar-refractivity contribution is -0.0511. The number of benzene rings is 1. The molecule has 0 spiro atoms. The molecule has 0 saturated carbocycles. The third kappa shape index (κ3) is 3.37. The first kappa shape index (κ1) is 17.8. The minimum atomic E-state index is -1.19. The number of imidazole rings is 1. The van der Waals surface area contributed by atoms with Gasteiger partial charge in [-0.25, -0.2) is 15.0 Å². The maximum absolute atomic E-state index is 10.2. The maximum Gasteiger partial charge on any atom is 0.167 e. The number of aliphatic hydroxyl groups is 3. The van der Waals surface area contributed by atoms with Crippen molar-refractivity contribution in [3.05, 3.63) is 48.5 Å². The Hall–Kier alpha value is -2.59. The van der Waals surface area contributed by atoms with Gasteiger partial charge in [0.2, 0.25) is 0 Å². The molecule has 1 fully saturated rings. The zero-order valence-electron chi connectivity index (χ0n) is 14.5. The Morgan fingerprint density at radius 1 is 1.07 bits per heavy atom. The summed E-state index contributed by atoms with van der Waals surface area (Å²) in [6.45, 7) is 0.291. The minimum Gasteiger partial charge on any atom is -0.394 e. The quantitative estimate of drug-likeness (QED) is 0.480. The van der Waals surface area contributed by atoms with Gasteiger partial charge < -0.3 is 25.4 Å². The standard InChI is InChI=1S/C18H21N5O4/c24-8-12-14(25)15(26)18(27-12)23-10-22-13-16(20-9-21-17(13)23)19-7-6-11-4-2-1-3-5-11/h1-5,9-10,12,14-15,18,24-26H,6-8H2,(H,19,20,21)/t12-,14-,15-,18?/m1/s1. The number of nitrogens with zero attached hydrogens (tertiary/aromatic N) is 4. The van der Waals surface area contributed by atoms with E-state index in [1.807, 2.05) is 18.2 Å². The molecule has 0 bridgehead atoms. The molecule has 0 radical (unpaired) electrons. The Morgan fingerprint density at radius 3 is 2.63 bits per heavy atom. The number of aliphatic hydroxyl groups excluding tert-OH is 3. The van der Waals surface area contributed by atoms with E-state index < -0.39 is 24.5 Å². The third-order valence-corrected chi connectivity index (χ3v) is 4.70. The zero-order valence-corrected chi connectivity index (χ0v) is 14.5. The monoisotopic (exact) mass is 371 g/mol. The molecule has 2 aromatic heterocycles. The number of aromatic nitrogens is 4. The number of fused-ring (bicyclic) bond motifs is 1. The Balaban J connectivity index is 1.53.